The maximum atomic E-state index is 11.6. The first-order chi connectivity index (χ1) is 10.7. The highest BCUT2D eigenvalue weighted by Crippen LogP contribution is 2.33. The van der Waals surface area contributed by atoms with Crippen LogP contribution in [0.25, 0.3) is 10.2 Å². The van der Waals surface area contributed by atoms with Gasteiger partial charge in [-0.3, -0.25) is 4.79 Å². The predicted molar refractivity (Wildman–Crippen MR) is 88.8 cm³/mol. The second kappa shape index (κ2) is 6.71. The van der Waals surface area contributed by atoms with E-state index in [2.05, 4.69) is 14.9 Å². The van der Waals surface area contributed by atoms with Crippen LogP contribution in [-0.2, 0) is 4.74 Å². The average molecular weight is 319 g/mol. The number of rotatable bonds is 5. The number of thiophene rings is 1. The number of ether oxygens (including phenoxy) is 1. The van der Waals surface area contributed by atoms with Crippen LogP contribution in [-0.4, -0.2) is 42.6 Å². The van der Waals surface area contributed by atoms with Crippen LogP contribution in [0.5, 0.6) is 0 Å². The smallest absolute Gasteiger partial charge is 0.169 e. The van der Waals surface area contributed by atoms with Gasteiger partial charge in [-0.05, 0) is 38.2 Å². The van der Waals surface area contributed by atoms with E-state index in [1.807, 2.05) is 6.07 Å². The maximum Gasteiger partial charge on any atom is 0.169 e. The lowest BCUT2D eigenvalue weighted by atomic mass is 9.94. The van der Waals surface area contributed by atoms with Crippen LogP contribution >= 0.6 is 11.3 Å². The number of methoxy groups -OCH3 is 1. The molecule has 22 heavy (non-hydrogen) atoms. The van der Waals surface area contributed by atoms with E-state index in [-0.39, 0.29) is 5.78 Å². The summed E-state index contributed by atoms with van der Waals surface area (Å²) in [5.74, 6) is 1.81. The summed E-state index contributed by atoms with van der Waals surface area (Å²) in [6, 6.07) is 1.87. The number of Topliss-reactive ketones (excluding diaryl/α,β-unsaturated/α-hetero) is 1. The molecule has 0 atom stereocenters. The van der Waals surface area contributed by atoms with Crippen molar-refractivity contribution in [1.82, 2.24) is 9.97 Å². The third-order valence-electron chi connectivity index (χ3n) is 4.28. The van der Waals surface area contributed by atoms with E-state index in [1.165, 1.54) is 24.2 Å². The summed E-state index contributed by atoms with van der Waals surface area (Å²) in [5, 5.41) is 0. The zero-order chi connectivity index (χ0) is 15.5. The Bertz CT molecular complexity index is 662. The van der Waals surface area contributed by atoms with Crippen LogP contribution in [0.3, 0.4) is 0 Å². The van der Waals surface area contributed by atoms with Gasteiger partial charge in [0.25, 0.3) is 0 Å². The number of fused-ring (bicyclic) bond motifs is 1. The van der Waals surface area contributed by atoms with Crippen LogP contribution in [0.15, 0.2) is 12.4 Å². The van der Waals surface area contributed by atoms with Gasteiger partial charge < -0.3 is 9.64 Å². The van der Waals surface area contributed by atoms with Crippen molar-refractivity contribution in [1.29, 1.82) is 0 Å². The normalized spacial score (nSPS) is 16.4. The van der Waals surface area contributed by atoms with Gasteiger partial charge in [0.05, 0.1) is 15.1 Å². The summed E-state index contributed by atoms with van der Waals surface area (Å²) in [5.41, 5.74) is 0.877. The molecule has 1 saturated heterocycles. The van der Waals surface area contributed by atoms with E-state index in [1.54, 1.807) is 20.4 Å². The first-order valence-corrected chi connectivity index (χ1v) is 8.50. The summed E-state index contributed by atoms with van der Waals surface area (Å²) in [6.45, 7) is 4.45. The maximum absolute atomic E-state index is 11.6. The summed E-state index contributed by atoms with van der Waals surface area (Å²) in [7, 11) is 1.76. The Morgan fingerprint density at radius 2 is 2.18 bits per heavy atom. The molecule has 1 fully saturated rings. The van der Waals surface area contributed by atoms with E-state index >= 15 is 0 Å². The van der Waals surface area contributed by atoms with Crippen LogP contribution < -0.4 is 4.90 Å². The zero-order valence-corrected chi connectivity index (χ0v) is 13.9. The van der Waals surface area contributed by atoms with Crippen LogP contribution in [0, 0.1) is 5.92 Å². The Morgan fingerprint density at radius 1 is 1.41 bits per heavy atom. The van der Waals surface area contributed by atoms with Crippen LogP contribution in [0.1, 0.15) is 35.9 Å². The summed E-state index contributed by atoms with van der Waals surface area (Å²) in [4.78, 5) is 23.4. The molecule has 0 amide bonds. The standard InChI is InChI=1S/C16H21N3O2S/c1-11(20)14-9-13-15(22-14)16(18-10-17-13)19-6-3-12(4-7-19)5-8-21-2/h9-10,12H,3-8H2,1-2H3. The lowest BCUT2D eigenvalue weighted by Gasteiger charge is -2.32. The van der Waals surface area contributed by atoms with Crippen molar-refractivity contribution in [3.05, 3.63) is 17.3 Å². The Morgan fingerprint density at radius 3 is 2.86 bits per heavy atom. The van der Waals surface area contributed by atoms with Gasteiger partial charge in [0.2, 0.25) is 0 Å². The molecular formula is C16H21N3O2S. The molecule has 118 valence electrons. The van der Waals surface area contributed by atoms with E-state index in [0.29, 0.717) is 0 Å². The molecule has 6 heteroatoms. The molecule has 0 saturated carbocycles. The number of carbonyl (C=O) groups excluding carboxylic acids is 1. The number of piperidine rings is 1. The molecule has 0 N–H and O–H groups in total. The lowest BCUT2D eigenvalue weighted by molar-refractivity contribution is 0.102. The molecule has 0 aromatic carbocycles. The molecule has 5 nitrogen and oxygen atoms in total. The van der Waals surface area contributed by atoms with Gasteiger partial charge in [-0.2, -0.15) is 0 Å². The highest BCUT2D eigenvalue weighted by atomic mass is 32.1. The third-order valence-corrected chi connectivity index (χ3v) is 5.50. The molecule has 2 aromatic rings. The molecule has 0 spiro atoms. The minimum absolute atomic E-state index is 0.0900. The summed E-state index contributed by atoms with van der Waals surface area (Å²) >= 11 is 1.50. The van der Waals surface area contributed by atoms with Gasteiger partial charge in [0.15, 0.2) is 5.78 Å². The second-order valence-corrected chi connectivity index (χ2v) is 6.84. The number of aromatic nitrogens is 2. The molecule has 3 rings (SSSR count). The Hall–Kier alpha value is -1.53. The fourth-order valence-corrected chi connectivity index (χ4v) is 3.98. The molecule has 0 radical (unpaired) electrons. The topological polar surface area (TPSA) is 55.3 Å². The number of carbonyl (C=O) groups is 1. The van der Waals surface area contributed by atoms with E-state index in [4.69, 9.17) is 4.74 Å². The third kappa shape index (κ3) is 3.13. The van der Waals surface area contributed by atoms with Crippen LogP contribution in [0.2, 0.25) is 0 Å². The molecule has 3 heterocycles. The minimum atomic E-state index is 0.0900. The van der Waals surface area contributed by atoms with Crippen LogP contribution in [0.4, 0.5) is 5.82 Å². The molecule has 2 aromatic heterocycles. The van der Waals surface area contributed by atoms with Gasteiger partial charge in [-0.15, -0.1) is 11.3 Å². The van der Waals surface area contributed by atoms with E-state index in [0.717, 1.165) is 52.9 Å². The summed E-state index contributed by atoms with van der Waals surface area (Å²) in [6.07, 6.45) is 5.07. The number of ketones is 1. The first-order valence-electron chi connectivity index (χ1n) is 7.68. The predicted octanol–water partition coefficient (Wildman–Crippen LogP) is 3.15. The molecule has 1 aliphatic rings. The average Bonchev–Trinajstić information content (AvgIpc) is 2.98. The molecule has 0 aliphatic carbocycles. The SMILES string of the molecule is COCCC1CCN(c2ncnc3cc(C(C)=O)sc23)CC1. The highest BCUT2D eigenvalue weighted by molar-refractivity contribution is 7.21. The molecular weight excluding hydrogens is 298 g/mol. The van der Waals surface area contributed by atoms with Crippen molar-refractivity contribution in [2.45, 2.75) is 26.2 Å². The molecule has 1 aliphatic heterocycles. The van der Waals surface area contributed by atoms with Crippen molar-refractivity contribution in [2.24, 2.45) is 5.92 Å². The van der Waals surface area contributed by atoms with Gasteiger partial charge in [-0.25, -0.2) is 9.97 Å². The van der Waals surface area contributed by atoms with Gasteiger partial charge >= 0.3 is 0 Å². The Labute approximate surface area is 134 Å². The molecule has 0 bridgehead atoms. The zero-order valence-electron chi connectivity index (χ0n) is 13.0. The van der Waals surface area contributed by atoms with Gasteiger partial charge in [0.1, 0.15) is 12.1 Å². The number of hydrogen-bond donors (Lipinski definition) is 0. The highest BCUT2D eigenvalue weighted by Gasteiger charge is 2.22. The van der Waals surface area contributed by atoms with Crippen molar-refractivity contribution in [2.75, 3.05) is 31.7 Å². The van der Waals surface area contributed by atoms with Crippen molar-refractivity contribution >= 4 is 33.2 Å². The quantitative estimate of drug-likeness (QED) is 0.792. The van der Waals surface area contributed by atoms with E-state index < -0.39 is 0 Å². The Kier molecular flexibility index (Phi) is 4.69. The fraction of sp³-hybridized carbons (Fsp3) is 0.562. The van der Waals surface area contributed by atoms with Crippen molar-refractivity contribution < 1.29 is 9.53 Å². The monoisotopic (exact) mass is 319 g/mol. The number of nitrogens with zero attached hydrogens (tertiary/aromatic N) is 3. The minimum Gasteiger partial charge on any atom is -0.385 e. The van der Waals surface area contributed by atoms with Gasteiger partial charge in [0, 0.05) is 26.8 Å². The Balaban J connectivity index is 1.78. The molecule has 0 unspecified atom stereocenters. The first kappa shape index (κ1) is 15.4. The van der Waals surface area contributed by atoms with Crippen molar-refractivity contribution in [3.63, 3.8) is 0 Å². The lowest BCUT2D eigenvalue weighted by Crippen LogP contribution is -2.34. The number of hydrogen-bond acceptors (Lipinski definition) is 6. The number of anilines is 1. The van der Waals surface area contributed by atoms with E-state index in [9.17, 15) is 4.79 Å². The fourth-order valence-electron chi connectivity index (χ4n) is 2.96. The largest absolute Gasteiger partial charge is 0.385 e. The second-order valence-electron chi connectivity index (χ2n) is 5.79. The van der Waals surface area contributed by atoms with Crippen molar-refractivity contribution in [3.8, 4) is 0 Å². The summed E-state index contributed by atoms with van der Waals surface area (Å²) < 4.78 is 6.20. The van der Waals surface area contributed by atoms with Gasteiger partial charge in [-0.1, -0.05) is 0 Å².